The molecular formula is C25H21ClN6O12S2. The van der Waals surface area contributed by atoms with E-state index in [2.05, 4.69) is 20.8 Å². The number of fused-ring (bicyclic) bond motifs is 3. The number of hydrogen-bond donors (Lipinski definition) is 3. The molecule has 0 spiro atoms. The van der Waals surface area contributed by atoms with E-state index < -0.39 is 75.9 Å². The molecule has 21 heteroatoms. The van der Waals surface area contributed by atoms with Gasteiger partial charge in [0.05, 0.1) is 11.3 Å². The number of ether oxygens (including phenoxy) is 2. The van der Waals surface area contributed by atoms with Crippen LogP contribution in [0, 0.1) is 16.0 Å². The number of amides is 3. The van der Waals surface area contributed by atoms with E-state index in [1.54, 1.807) is 0 Å². The summed E-state index contributed by atoms with van der Waals surface area (Å²) in [6, 6.07) is 4.05. The van der Waals surface area contributed by atoms with Crippen LogP contribution < -0.4 is 10.6 Å². The second-order valence-corrected chi connectivity index (χ2v) is 12.1. The largest absolute Gasteiger partial charge is 0.477 e. The summed E-state index contributed by atoms with van der Waals surface area (Å²) in [4.78, 5) is 94.9. The van der Waals surface area contributed by atoms with Crippen molar-refractivity contribution in [3.8, 4) is 0 Å². The molecule has 2 aromatic rings. The Labute approximate surface area is 270 Å². The molecule has 4 unspecified atom stereocenters. The van der Waals surface area contributed by atoms with E-state index in [-0.39, 0.29) is 41.2 Å². The number of esters is 2. The van der Waals surface area contributed by atoms with Crippen molar-refractivity contribution in [3.63, 3.8) is 0 Å². The number of aliphatic carboxylic acids is 1. The van der Waals surface area contributed by atoms with Gasteiger partial charge in [-0.1, -0.05) is 5.16 Å². The lowest BCUT2D eigenvalue weighted by Crippen LogP contribution is -2.80. The van der Waals surface area contributed by atoms with Crippen LogP contribution in [0.1, 0.15) is 17.7 Å². The van der Waals surface area contributed by atoms with Crippen molar-refractivity contribution in [3.05, 3.63) is 51.0 Å². The zero-order valence-electron chi connectivity index (χ0n) is 23.1. The van der Waals surface area contributed by atoms with Crippen LogP contribution in [-0.4, -0.2) is 96.6 Å². The second-order valence-electron chi connectivity index (χ2n) is 9.78. The maximum atomic E-state index is 13.4. The zero-order chi connectivity index (χ0) is 33.2. The molecule has 1 aromatic carbocycles. The van der Waals surface area contributed by atoms with Gasteiger partial charge >= 0.3 is 17.9 Å². The molecule has 0 saturated carbocycles. The van der Waals surface area contributed by atoms with E-state index in [1.165, 1.54) is 41.4 Å². The fraction of sp³-hybridized carbons (Fsp3) is 0.360. The molecule has 4 heterocycles. The molecule has 5 rings (SSSR count). The summed E-state index contributed by atoms with van der Waals surface area (Å²) in [5, 5.41) is 29.8. The minimum absolute atomic E-state index is 0.0508. The van der Waals surface area contributed by atoms with Gasteiger partial charge in [-0.05, 0) is 17.7 Å². The molecular weight excluding hydrogens is 676 g/mol. The lowest BCUT2D eigenvalue weighted by molar-refractivity contribution is -0.384. The van der Waals surface area contributed by atoms with Crippen molar-refractivity contribution in [2.45, 2.75) is 30.2 Å². The van der Waals surface area contributed by atoms with Crippen LogP contribution in [0.3, 0.4) is 0 Å². The molecule has 0 radical (unpaired) electrons. The summed E-state index contributed by atoms with van der Waals surface area (Å²) >= 11 is 7.59. The molecule has 3 N–H and O–H groups in total. The Morgan fingerprint density at radius 3 is 2.67 bits per heavy atom. The number of anilines is 1. The molecule has 4 atom stereocenters. The summed E-state index contributed by atoms with van der Waals surface area (Å²) in [6.45, 7) is -1.01. The number of nitro benzene ring substituents is 1. The molecule has 3 aliphatic heterocycles. The number of carboxylic acids is 1. The van der Waals surface area contributed by atoms with Crippen LogP contribution in [0.25, 0.3) is 0 Å². The third-order valence-electron chi connectivity index (χ3n) is 6.91. The number of nitrogens with one attached hydrogen (secondary N) is 2. The van der Waals surface area contributed by atoms with Crippen LogP contribution in [0.2, 0.25) is 0 Å². The number of thioether (sulfide) groups is 1. The number of carboxylic acid groups (broad SMARTS) is 1. The Hall–Kier alpha value is -4.82. The standard InChI is InChI=1S/C25H21ClN6O12S2/c26-6-15(33)28-24-27-14(10-46-24)18(30-43-8-17(35)42-7-11-1-3-13(4-2-11)32(40)41)20(36)29-19-21(37)31-22(19)45-9-12-5-16(34)44-25(12,31)23(38)39/h1-4,10,12,19,22H,5-9H2,(H,29,36)(H,38,39)(H,27,28,33)/b30-18+. The predicted molar refractivity (Wildman–Crippen MR) is 156 cm³/mol. The molecule has 3 aliphatic rings. The summed E-state index contributed by atoms with van der Waals surface area (Å²) in [7, 11) is 0. The number of aromatic nitrogens is 1. The average Bonchev–Trinajstić information content (AvgIpc) is 3.63. The SMILES string of the molecule is O=C(CCl)Nc1nc(/C(=N\OCC(=O)OCc2ccc([N+](=O)[O-])cc2)C(=O)NC2C(=O)N3C2SCC2CC(=O)OC23C(=O)O)cs1. The monoisotopic (exact) mass is 696 g/mol. The molecule has 46 heavy (non-hydrogen) atoms. The molecule has 0 aliphatic carbocycles. The van der Waals surface area contributed by atoms with Gasteiger partial charge in [0.15, 0.2) is 10.8 Å². The number of nitrogens with zero attached hydrogens (tertiary/aromatic N) is 4. The highest BCUT2D eigenvalue weighted by molar-refractivity contribution is 8.00. The fourth-order valence-corrected chi connectivity index (χ4v) is 7.13. The molecule has 0 bridgehead atoms. The van der Waals surface area contributed by atoms with E-state index in [4.69, 9.17) is 25.9 Å². The van der Waals surface area contributed by atoms with Crippen LogP contribution in [0.5, 0.6) is 0 Å². The molecule has 18 nitrogen and oxygen atoms in total. The first-order valence-corrected chi connectivity index (χ1v) is 15.5. The van der Waals surface area contributed by atoms with Gasteiger partial charge in [-0.2, -0.15) is 0 Å². The lowest BCUT2D eigenvalue weighted by Gasteiger charge is -2.56. The number of β-lactam (4-membered cyclic amide) rings is 1. The summed E-state index contributed by atoms with van der Waals surface area (Å²) < 4.78 is 10.2. The molecule has 3 amide bonds. The Morgan fingerprint density at radius 1 is 1.26 bits per heavy atom. The van der Waals surface area contributed by atoms with Crippen LogP contribution in [0.15, 0.2) is 34.8 Å². The number of carbonyl (C=O) groups is 6. The Morgan fingerprint density at radius 2 is 2.00 bits per heavy atom. The third-order valence-corrected chi connectivity index (χ3v) is 9.33. The number of nitro groups is 1. The maximum Gasteiger partial charge on any atom is 0.370 e. The van der Waals surface area contributed by atoms with Crippen molar-refractivity contribution < 1.29 is 53.1 Å². The highest BCUT2D eigenvalue weighted by atomic mass is 35.5. The van der Waals surface area contributed by atoms with Gasteiger partial charge in [0, 0.05) is 29.2 Å². The minimum Gasteiger partial charge on any atom is -0.477 e. The number of benzene rings is 1. The molecule has 242 valence electrons. The summed E-state index contributed by atoms with van der Waals surface area (Å²) in [6.07, 6.45) is -0.177. The topological polar surface area (TPSA) is 246 Å². The van der Waals surface area contributed by atoms with E-state index in [1.807, 2.05) is 0 Å². The third kappa shape index (κ3) is 6.30. The van der Waals surface area contributed by atoms with Crippen molar-refractivity contribution in [2.24, 2.45) is 11.1 Å². The number of alkyl halides is 1. The number of carbonyl (C=O) groups excluding carboxylic acids is 5. The predicted octanol–water partition coefficient (Wildman–Crippen LogP) is 0.437. The van der Waals surface area contributed by atoms with Gasteiger partial charge in [0.25, 0.3) is 23.2 Å². The van der Waals surface area contributed by atoms with Crippen LogP contribution in [0.4, 0.5) is 10.8 Å². The van der Waals surface area contributed by atoms with E-state index in [0.717, 1.165) is 16.2 Å². The molecule has 1 aromatic heterocycles. The first-order valence-electron chi connectivity index (χ1n) is 13.1. The van der Waals surface area contributed by atoms with Gasteiger partial charge in [-0.3, -0.25) is 34.2 Å². The first kappa shape index (κ1) is 32.6. The lowest BCUT2D eigenvalue weighted by atomic mass is 9.89. The number of non-ortho nitro benzene ring substituents is 1. The Kier molecular flexibility index (Phi) is 9.39. The van der Waals surface area contributed by atoms with Crippen molar-refractivity contribution >= 4 is 86.9 Å². The van der Waals surface area contributed by atoms with E-state index in [0.29, 0.717) is 5.56 Å². The number of thiazole rings is 1. The van der Waals surface area contributed by atoms with Gasteiger partial charge < -0.3 is 30.1 Å². The highest BCUT2D eigenvalue weighted by Crippen LogP contribution is 2.51. The quantitative estimate of drug-likeness (QED) is 0.0681. The van der Waals surface area contributed by atoms with Crippen LogP contribution >= 0.6 is 34.7 Å². The van der Waals surface area contributed by atoms with E-state index >= 15 is 0 Å². The Bertz CT molecular complexity index is 1650. The van der Waals surface area contributed by atoms with Crippen molar-refractivity contribution in [2.75, 3.05) is 23.6 Å². The normalized spacial score (nSPS) is 23.3. The molecule has 3 fully saturated rings. The van der Waals surface area contributed by atoms with Gasteiger partial charge in [0.1, 0.15) is 29.6 Å². The summed E-state index contributed by atoms with van der Waals surface area (Å²) in [5.74, 6) is -6.52. The number of oxime groups is 1. The fourth-order valence-electron chi connectivity index (χ4n) is 4.79. The smallest absolute Gasteiger partial charge is 0.370 e. The van der Waals surface area contributed by atoms with Crippen molar-refractivity contribution in [1.29, 1.82) is 0 Å². The number of halogens is 1. The second kappa shape index (κ2) is 13.3. The number of hydrogen-bond acceptors (Lipinski definition) is 15. The first-order chi connectivity index (χ1) is 21.9. The summed E-state index contributed by atoms with van der Waals surface area (Å²) in [5.41, 5.74) is -2.48. The average molecular weight is 697 g/mol. The molecule has 3 saturated heterocycles. The van der Waals surface area contributed by atoms with Gasteiger partial charge in [-0.25, -0.2) is 14.6 Å². The van der Waals surface area contributed by atoms with Gasteiger partial charge in [-0.15, -0.1) is 34.7 Å². The Balaban J connectivity index is 1.27. The number of rotatable bonds is 12. The van der Waals surface area contributed by atoms with Crippen molar-refractivity contribution in [1.82, 2.24) is 15.2 Å². The highest BCUT2D eigenvalue weighted by Gasteiger charge is 2.71. The van der Waals surface area contributed by atoms with Crippen LogP contribution in [-0.2, 0) is 49.7 Å². The zero-order valence-corrected chi connectivity index (χ0v) is 25.5. The van der Waals surface area contributed by atoms with Gasteiger partial charge in [0.2, 0.25) is 12.5 Å². The van der Waals surface area contributed by atoms with E-state index in [9.17, 15) is 44.0 Å². The maximum absolute atomic E-state index is 13.4. The minimum atomic E-state index is -2.18.